The summed E-state index contributed by atoms with van der Waals surface area (Å²) in [5, 5.41) is 3.06. The van der Waals surface area contributed by atoms with E-state index in [2.05, 4.69) is 5.32 Å². The van der Waals surface area contributed by atoms with Crippen molar-refractivity contribution in [1.29, 1.82) is 0 Å². The van der Waals surface area contributed by atoms with Crippen molar-refractivity contribution >= 4 is 21.6 Å². The molecule has 2 atom stereocenters. The highest BCUT2D eigenvalue weighted by Gasteiger charge is 2.38. The number of carbonyl (C=O) groups is 1. The highest BCUT2D eigenvalue weighted by Crippen LogP contribution is 2.38. The lowest BCUT2D eigenvalue weighted by Crippen LogP contribution is -2.51. The molecule has 3 aromatic carbocycles. The fourth-order valence-electron chi connectivity index (χ4n) is 4.37. The second kappa shape index (κ2) is 10.2. The highest BCUT2D eigenvalue weighted by atomic mass is 32.2. The first-order chi connectivity index (χ1) is 17.1. The Balaban J connectivity index is 1.64. The first kappa shape index (κ1) is 25.6. The summed E-state index contributed by atoms with van der Waals surface area (Å²) in [4.78, 5) is 13.6. The van der Waals surface area contributed by atoms with Gasteiger partial charge in [0.2, 0.25) is 0 Å². The molecule has 1 aliphatic rings. The third kappa shape index (κ3) is 5.04. The summed E-state index contributed by atoms with van der Waals surface area (Å²) in [7, 11) is -2.29. The van der Waals surface area contributed by atoms with Crippen LogP contribution >= 0.6 is 0 Å². The van der Waals surface area contributed by atoms with Crippen molar-refractivity contribution < 1.29 is 22.7 Å². The van der Waals surface area contributed by atoms with Crippen molar-refractivity contribution in [3.8, 4) is 11.5 Å². The second-order valence-corrected chi connectivity index (χ2v) is 11.0. The number of nitrogens with one attached hydrogen (secondary N) is 1. The summed E-state index contributed by atoms with van der Waals surface area (Å²) in [6.07, 6.45) is -0.349. The van der Waals surface area contributed by atoms with Crippen LogP contribution in [0.5, 0.6) is 11.5 Å². The zero-order valence-corrected chi connectivity index (χ0v) is 22.1. The molecule has 1 N–H and O–H groups in total. The number of methoxy groups -OCH3 is 1. The van der Waals surface area contributed by atoms with Crippen LogP contribution in [0.3, 0.4) is 0 Å². The van der Waals surface area contributed by atoms with E-state index in [1.165, 1.54) is 4.31 Å². The van der Waals surface area contributed by atoms with Crippen LogP contribution in [0.25, 0.3) is 0 Å². The van der Waals surface area contributed by atoms with Crippen LogP contribution in [0.15, 0.2) is 65.6 Å². The van der Waals surface area contributed by atoms with Crippen LogP contribution in [0.4, 0.5) is 5.69 Å². The number of fused-ring (bicyclic) bond motifs is 1. The average Bonchev–Trinajstić information content (AvgIpc) is 2.86. The molecule has 7 nitrogen and oxygen atoms in total. The Morgan fingerprint density at radius 1 is 1.06 bits per heavy atom. The fourth-order valence-corrected chi connectivity index (χ4v) is 5.84. The molecule has 8 heteroatoms. The van der Waals surface area contributed by atoms with E-state index < -0.39 is 16.1 Å². The highest BCUT2D eigenvalue weighted by molar-refractivity contribution is 7.92. The minimum Gasteiger partial charge on any atom is -0.496 e. The summed E-state index contributed by atoms with van der Waals surface area (Å²) in [6, 6.07) is 17.5. The molecule has 1 heterocycles. The Morgan fingerprint density at radius 3 is 2.39 bits per heavy atom. The molecular weight excluding hydrogens is 476 g/mol. The van der Waals surface area contributed by atoms with Crippen molar-refractivity contribution in [1.82, 2.24) is 5.32 Å². The normalized spacial score (nSPS) is 16.0. The van der Waals surface area contributed by atoms with Gasteiger partial charge in [0.1, 0.15) is 11.5 Å². The number of ether oxygens (including phenoxy) is 2. The molecule has 0 aliphatic carbocycles. The predicted octanol–water partition coefficient (Wildman–Crippen LogP) is 4.84. The van der Waals surface area contributed by atoms with Gasteiger partial charge in [0.15, 0.2) is 6.10 Å². The molecule has 0 radical (unpaired) electrons. The van der Waals surface area contributed by atoms with Gasteiger partial charge < -0.3 is 14.8 Å². The summed E-state index contributed by atoms with van der Waals surface area (Å²) in [6.45, 7) is 7.60. The molecule has 0 unspecified atom stereocenters. The van der Waals surface area contributed by atoms with Gasteiger partial charge in [-0.25, -0.2) is 8.42 Å². The molecule has 0 saturated heterocycles. The summed E-state index contributed by atoms with van der Waals surface area (Å²) in [5.74, 6) is 0.775. The SMILES string of the molecule is CC[C@@H](NC(=O)[C@H]1CN(S(=O)(=O)c2ccc(C)cc2)c2ccc(C)cc2O1)c1ccc(OC)c(C)c1. The standard InChI is InChI=1S/C28H32N2O5S/c1-6-23(21-10-14-25(34-5)20(4)16-21)29-28(31)27-17-30(24-13-9-19(3)15-26(24)35-27)36(32,33)22-11-7-18(2)8-12-22/h7-16,23,27H,6,17H2,1-5H3,(H,29,31)/t23-,27-/m1/s1. The molecule has 1 aliphatic heterocycles. The van der Waals surface area contributed by atoms with E-state index in [1.54, 1.807) is 43.5 Å². The first-order valence-electron chi connectivity index (χ1n) is 12.0. The minimum atomic E-state index is -3.91. The quantitative estimate of drug-likeness (QED) is 0.494. The lowest BCUT2D eigenvalue weighted by Gasteiger charge is -2.35. The van der Waals surface area contributed by atoms with Crippen molar-refractivity contribution in [3.63, 3.8) is 0 Å². The van der Waals surface area contributed by atoms with Crippen molar-refractivity contribution in [2.75, 3.05) is 18.0 Å². The van der Waals surface area contributed by atoms with E-state index in [0.29, 0.717) is 17.9 Å². The largest absolute Gasteiger partial charge is 0.496 e. The maximum Gasteiger partial charge on any atom is 0.264 e. The number of benzene rings is 3. The van der Waals surface area contributed by atoms with Crippen molar-refractivity contribution in [2.24, 2.45) is 0 Å². The number of anilines is 1. The molecular formula is C28H32N2O5S. The third-order valence-corrected chi connectivity index (χ3v) is 8.23. The smallest absolute Gasteiger partial charge is 0.264 e. The van der Waals surface area contributed by atoms with Gasteiger partial charge >= 0.3 is 0 Å². The van der Waals surface area contributed by atoms with E-state index >= 15 is 0 Å². The molecule has 4 rings (SSSR count). The minimum absolute atomic E-state index is 0.129. The first-order valence-corrected chi connectivity index (χ1v) is 13.4. The Morgan fingerprint density at radius 2 is 1.75 bits per heavy atom. The van der Waals surface area contributed by atoms with E-state index in [-0.39, 0.29) is 23.4 Å². The Kier molecular flexibility index (Phi) is 7.26. The molecule has 36 heavy (non-hydrogen) atoms. The summed E-state index contributed by atoms with van der Waals surface area (Å²) in [5.41, 5.74) is 4.20. The van der Waals surface area contributed by atoms with Crippen LogP contribution < -0.4 is 19.1 Å². The average molecular weight is 509 g/mol. The lowest BCUT2D eigenvalue weighted by molar-refractivity contribution is -0.128. The van der Waals surface area contributed by atoms with Crippen LogP contribution in [0.1, 0.15) is 41.6 Å². The Labute approximate surface area is 213 Å². The Bertz CT molecular complexity index is 1370. The van der Waals surface area contributed by atoms with Gasteiger partial charge in [-0.1, -0.05) is 42.8 Å². The number of sulfonamides is 1. The predicted molar refractivity (Wildman–Crippen MR) is 140 cm³/mol. The van der Waals surface area contributed by atoms with Crippen LogP contribution in [-0.4, -0.2) is 34.1 Å². The number of amides is 1. The Hall–Kier alpha value is -3.52. The fraction of sp³-hybridized carbons (Fsp3) is 0.321. The van der Waals surface area contributed by atoms with Crippen molar-refractivity contribution in [2.45, 2.75) is 51.2 Å². The summed E-state index contributed by atoms with van der Waals surface area (Å²) < 4.78 is 40.0. The molecule has 0 spiro atoms. The molecule has 3 aromatic rings. The lowest BCUT2D eigenvalue weighted by atomic mass is 10.0. The van der Waals surface area contributed by atoms with Crippen LogP contribution in [0.2, 0.25) is 0 Å². The van der Waals surface area contributed by atoms with Crippen LogP contribution in [-0.2, 0) is 14.8 Å². The van der Waals surface area contributed by atoms with E-state index in [4.69, 9.17) is 9.47 Å². The summed E-state index contributed by atoms with van der Waals surface area (Å²) >= 11 is 0. The molecule has 0 aromatic heterocycles. The number of aryl methyl sites for hydroxylation is 3. The van der Waals surface area contributed by atoms with Gasteiger partial charge in [-0.15, -0.1) is 0 Å². The number of hydrogen-bond acceptors (Lipinski definition) is 5. The number of carbonyl (C=O) groups excluding carboxylic acids is 1. The molecule has 0 fully saturated rings. The molecule has 0 saturated carbocycles. The van der Waals surface area contributed by atoms with E-state index in [9.17, 15) is 13.2 Å². The topological polar surface area (TPSA) is 84.9 Å². The zero-order valence-electron chi connectivity index (χ0n) is 21.2. The van der Waals surface area contributed by atoms with E-state index in [0.717, 1.165) is 28.0 Å². The maximum absolute atomic E-state index is 13.6. The number of rotatable bonds is 7. The van der Waals surface area contributed by atoms with Gasteiger partial charge in [0.25, 0.3) is 15.9 Å². The van der Waals surface area contributed by atoms with Gasteiger partial charge in [-0.2, -0.15) is 0 Å². The van der Waals surface area contributed by atoms with Crippen LogP contribution in [0, 0.1) is 20.8 Å². The molecule has 190 valence electrons. The van der Waals surface area contributed by atoms with Gasteiger partial charge in [-0.3, -0.25) is 9.10 Å². The zero-order chi connectivity index (χ0) is 26.0. The number of hydrogen-bond donors (Lipinski definition) is 1. The van der Waals surface area contributed by atoms with Gasteiger partial charge in [0.05, 0.1) is 30.3 Å². The maximum atomic E-state index is 13.6. The van der Waals surface area contributed by atoms with Gasteiger partial charge in [0, 0.05) is 0 Å². The number of nitrogens with zero attached hydrogens (tertiary/aromatic N) is 1. The molecule has 1 amide bonds. The van der Waals surface area contributed by atoms with Crippen molar-refractivity contribution in [3.05, 3.63) is 82.9 Å². The molecule has 0 bridgehead atoms. The van der Waals surface area contributed by atoms with Gasteiger partial charge in [-0.05, 0) is 74.2 Å². The monoisotopic (exact) mass is 508 g/mol. The second-order valence-electron chi connectivity index (χ2n) is 9.13. The third-order valence-electron chi connectivity index (χ3n) is 6.43. The van der Waals surface area contributed by atoms with E-state index in [1.807, 2.05) is 52.0 Å².